The predicted octanol–water partition coefficient (Wildman–Crippen LogP) is 2.50. The fourth-order valence-corrected chi connectivity index (χ4v) is 2.76. The van der Waals surface area contributed by atoms with Gasteiger partial charge in [0, 0.05) is 13.1 Å². The van der Waals surface area contributed by atoms with Crippen LogP contribution in [-0.4, -0.2) is 40.0 Å². The Labute approximate surface area is 125 Å². The molecule has 1 heterocycles. The van der Waals surface area contributed by atoms with Gasteiger partial charge in [0.2, 0.25) is 0 Å². The minimum Gasteiger partial charge on any atom is -0.337 e. The van der Waals surface area contributed by atoms with Crippen LogP contribution >= 0.6 is 11.5 Å². The van der Waals surface area contributed by atoms with Crippen molar-refractivity contribution in [1.29, 1.82) is 0 Å². The van der Waals surface area contributed by atoms with Crippen molar-refractivity contribution in [2.45, 2.75) is 47.0 Å². The van der Waals surface area contributed by atoms with E-state index in [0.29, 0.717) is 18.0 Å². The lowest BCUT2D eigenvalue weighted by molar-refractivity contribution is 0.0692. The molecule has 0 aliphatic carbocycles. The Hall–Kier alpha value is -1.01. The Morgan fingerprint density at radius 2 is 2.10 bits per heavy atom. The van der Waals surface area contributed by atoms with Gasteiger partial charge in [0.25, 0.3) is 5.91 Å². The molecule has 0 aromatic carbocycles. The van der Waals surface area contributed by atoms with E-state index in [0.717, 1.165) is 18.7 Å². The van der Waals surface area contributed by atoms with Crippen molar-refractivity contribution in [3.05, 3.63) is 10.6 Å². The molecule has 114 valence electrons. The molecular formula is C14H26N4OS. The van der Waals surface area contributed by atoms with Crippen LogP contribution in [0.2, 0.25) is 0 Å². The summed E-state index contributed by atoms with van der Waals surface area (Å²) in [5, 5.41) is 4.09. The minimum absolute atomic E-state index is 0.0343. The molecule has 0 saturated carbocycles. The van der Waals surface area contributed by atoms with Crippen LogP contribution in [0.25, 0.3) is 0 Å². The van der Waals surface area contributed by atoms with Gasteiger partial charge in [-0.2, -0.15) is 0 Å². The number of nitrogens with two attached hydrogens (primary N) is 1. The zero-order valence-corrected chi connectivity index (χ0v) is 14.0. The largest absolute Gasteiger partial charge is 0.337 e. The number of carbonyl (C=O) groups excluding carboxylic acids is 1. The lowest BCUT2D eigenvalue weighted by Gasteiger charge is -2.31. The molecule has 0 aliphatic rings. The van der Waals surface area contributed by atoms with Crippen molar-refractivity contribution in [3.8, 4) is 0 Å². The molecule has 6 heteroatoms. The van der Waals surface area contributed by atoms with Crippen molar-refractivity contribution < 1.29 is 4.79 Å². The SMILES string of the molecule is CCCN(CC(C)(C)CN)C(=O)c1snnc1C(C)C. The molecule has 0 atom stereocenters. The fraction of sp³-hybridized carbons (Fsp3) is 0.786. The van der Waals surface area contributed by atoms with E-state index in [2.05, 4.69) is 30.4 Å². The van der Waals surface area contributed by atoms with E-state index in [9.17, 15) is 4.79 Å². The molecule has 0 radical (unpaired) electrons. The van der Waals surface area contributed by atoms with E-state index < -0.39 is 0 Å². The highest BCUT2D eigenvalue weighted by atomic mass is 32.1. The number of aromatic nitrogens is 2. The smallest absolute Gasteiger partial charge is 0.267 e. The summed E-state index contributed by atoms with van der Waals surface area (Å²) in [7, 11) is 0. The van der Waals surface area contributed by atoms with Crippen LogP contribution in [-0.2, 0) is 0 Å². The van der Waals surface area contributed by atoms with Gasteiger partial charge in [-0.25, -0.2) is 0 Å². The van der Waals surface area contributed by atoms with E-state index in [-0.39, 0.29) is 17.2 Å². The molecule has 1 amide bonds. The summed E-state index contributed by atoms with van der Waals surface area (Å²) in [6.07, 6.45) is 0.926. The maximum atomic E-state index is 12.7. The second-order valence-corrected chi connectivity index (χ2v) is 6.99. The van der Waals surface area contributed by atoms with Gasteiger partial charge in [0.15, 0.2) is 0 Å². The summed E-state index contributed by atoms with van der Waals surface area (Å²) in [4.78, 5) is 15.3. The van der Waals surface area contributed by atoms with Gasteiger partial charge in [-0.1, -0.05) is 39.1 Å². The Morgan fingerprint density at radius 3 is 2.60 bits per heavy atom. The van der Waals surface area contributed by atoms with Crippen molar-refractivity contribution in [2.24, 2.45) is 11.1 Å². The van der Waals surface area contributed by atoms with Gasteiger partial charge in [0.05, 0.1) is 5.69 Å². The molecule has 1 aromatic heterocycles. The summed E-state index contributed by atoms with van der Waals surface area (Å²) in [5.41, 5.74) is 6.50. The average Bonchev–Trinajstić information content (AvgIpc) is 2.86. The number of nitrogens with zero attached hydrogens (tertiary/aromatic N) is 3. The molecule has 1 rings (SSSR count). The highest BCUT2D eigenvalue weighted by Crippen LogP contribution is 2.23. The monoisotopic (exact) mass is 298 g/mol. The van der Waals surface area contributed by atoms with Crippen molar-refractivity contribution >= 4 is 17.4 Å². The third-order valence-corrected chi connectivity index (χ3v) is 3.94. The highest BCUT2D eigenvalue weighted by molar-refractivity contribution is 7.08. The summed E-state index contributed by atoms with van der Waals surface area (Å²) in [6.45, 7) is 12.2. The van der Waals surface area contributed by atoms with Gasteiger partial charge in [0.1, 0.15) is 4.88 Å². The summed E-state index contributed by atoms with van der Waals surface area (Å²) < 4.78 is 3.94. The molecule has 20 heavy (non-hydrogen) atoms. The molecule has 0 bridgehead atoms. The summed E-state index contributed by atoms with van der Waals surface area (Å²) in [5.74, 6) is 0.241. The second kappa shape index (κ2) is 7.13. The topological polar surface area (TPSA) is 72.1 Å². The van der Waals surface area contributed by atoms with Gasteiger partial charge in [-0.15, -0.1) is 5.10 Å². The molecule has 0 unspecified atom stereocenters. The van der Waals surface area contributed by atoms with Crippen LogP contribution < -0.4 is 5.73 Å². The van der Waals surface area contributed by atoms with Crippen LogP contribution in [0.3, 0.4) is 0 Å². The molecule has 0 aliphatic heterocycles. The maximum absolute atomic E-state index is 12.7. The Morgan fingerprint density at radius 1 is 1.45 bits per heavy atom. The average molecular weight is 298 g/mol. The Bertz CT molecular complexity index is 442. The van der Waals surface area contributed by atoms with Crippen LogP contribution in [0.5, 0.6) is 0 Å². The second-order valence-electron chi connectivity index (χ2n) is 6.24. The first-order valence-electron chi connectivity index (χ1n) is 7.14. The standard InChI is InChI=1S/C14H26N4OS/c1-6-7-18(9-14(4,5)8-15)13(19)12-11(10(2)3)16-17-20-12/h10H,6-9,15H2,1-5H3. The molecule has 2 N–H and O–H groups in total. The number of rotatable bonds is 7. The molecule has 0 fully saturated rings. The first kappa shape index (κ1) is 17.0. The minimum atomic E-state index is -0.0824. The summed E-state index contributed by atoms with van der Waals surface area (Å²) >= 11 is 1.19. The van der Waals surface area contributed by atoms with Crippen molar-refractivity contribution in [3.63, 3.8) is 0 Å². The molecular weight excluding hydrogens is 272 g/mol. The normalized spacial score (nSPS) is 11.9. The van der Waals surface area contributed by atoms with E-state index >= 15 is 0 Å². The number of amides is 1. The zero-order valence-electron chi connectivity index (χ0n) is 13.1. The third-order valence-electron chi connectivity index (χ3n) is 3.21. The number of hydrogen-bond acceptors (Lipinski definition) is 5. The van der Waals surface area contributed by atoms with E-state index in [1.54, 1.807) is 0 Å². The highest BCUT2D eigenvalue weighted by Gasteiger charge is 2.27. The van der Waals surface area contributed by atoms with Gasteiger partial charge < -0.3 is 10.6 Å². The summed E-state index contributed by atoms with van der Waals surface area (Å²) in [6, 6.07) is 0. The van der Waals surface area contributed by atoms with Crippen molar-refractivity contribution in [1.82, 2.24) is 14.5 Å². The quantitative estimate of drug-likeness (QED) is 0.839. The molecule has 5 nitrogen and oxygen atoms in total. The van der Waals surface area contributed by atoms with Crippen LogP contribution in [0.15, 0.2) is 0 Å². The molecule has 1 aromatic rings. The Balaban J connectivity index is 2.96. The van der Waals surface area contributed by atoms with E-state index in [1.807, 2.05) is 18.7 Å². The number of carbonyl (C=O) groups is 1. The Kier molecular flexibility index (Phi) is 6.07. The third kappa shape index (κ3) is 4.24. The van der Waals surface area contributed by atoms with Gasteiger partial charge in [-0.3, -0.25) is 4.79 Å². The first-order valence-corrected chi connectivity index (χ1v) is 7.91. The molecule has 0 saturated heterocycles. The number of hydrogen-bond donors (Lipinski definition) is 1. The van der Waals surface area contributed by atoms with Crippen LogP contribution in [0.4, 0.5) is 0 Å². The van der Waals surface area contributed by atoms with E-state index in [1.165, 1.54) is 11.5 Å². The predicted molar refractivity (Wildman–Crippen MR) is 83.0 cm³/mol. The lowest BCUT2D eigenvalue weighted by Crippen LogP contribution is -2.42. The van der Waals surface area contributed by atoms with Crippen molar-refractivity contribution in [2.75, 3.05) is 19.6 Å². The lowest BCUT2D eigenvalue weighted by atomic mass is 9.93. The fourth-order valence-electron chi connectivity index (χ4n) is 1.97. The first-order chi connectivity index (χ1) is 9.32. The van der Waals surface area contributed by atoms with Gasteiger partial charge in [-0.05, 0) is 35.8 Å². The van der Waals surface area contributed by atoms with Crippen LogP contribution in [0.1, 0.15) is 62.3 Å². The van der Waals surface area contributed by atoms with E-state index in [4.69, 9.17) is 5.73 Å². The zero-order chi connectivity index (χ0) is 15.3. The molecule has 0 spiro atoms. The van der Waals surface area contributed by atoms with Gasteiger partial charge >= 0.3 is 0 Å². The van der Waals surface area contributed by atoms with Crippen LogP contribution in [0, 0.1) is 5.41 Å². The maximum Gasteiger partial charge on any atom is 0.267 e.